The van der Waals surface area contributed by atoms with E-state index in [0.29, 0.717) is 36.3 Å². The van der Waals surface area contributed by atoms with Crippen molar-refractivity contribution in [1.29, 1.82) is 0 Å². The number of hydrogen-bond donors (Lipinski definition) is 2. The van der Waals surface area contributed by atoms with Gasteiger partial charge in [-0.05, 0) is 35.6 Å². The van der Waals surface area contributed by atoms with Crippen molar-refractivity contribution in [3.63, 3.8) is 0 Å². The van der Waals surface area contributed by atoms with Crippen molar-refractivity contribution in [3.05, 3.63) is 53.1 Å². The predicted molar refractivity (Wildman–Crippen MR) is 99.6 cm³/mol. The van der Waals surface area contributed by atoms with Gasteiger partial charge in [-0.15, -0.1) is 0 Å². The Hall–Kier alpha value is -2.40. The van der Waals surface area contributed by atoms with Gasteiger partial charge in [0.05, 0.1) is 6.61 Å². The molecular weight excluding hydrogens is 332 g/mol. The third-order valence-corrected chi connectivity index (χ3v) is 4.59. The number of benzene rings is 1. The fourth-order valence-corrected chi connectivity index (χ4v) is 3.29. The molecule has 0 amide bonds. The number of aliphatic hydroxyl groups excluding tert-OH is 1. The average Bonchev–Trinajstić information content (AvgIpc) is 2.53. The summed E-state index contributed by atoms with van der Waals surface area (Å²) in [5.74, 6) is -0.274. The Balaban J connectivity index is 2.35. The van der Waals surface area contributed by atoms with Gasteiger partial charge < -0.3 is 14.9 Å². The molecule has 0 spiro atoms. The van der Waals surface area contributed by atoms with Crippen LogP contribution < -0.4 is 4.74 Å². The SMILES string of the molecule is CC(=C/C(=O)O)/C=C/C1c2ccc(OCCCO)cc2C(=O)CC1(C)C. The highest BCUT2D eigenvalue weighted by Crippen LogP contribution is 2.46. The third kappa shape index (κ3) is 4.82. The fraction of sp³-hybridized carbons (Fsp3) is 0.429. The molecule has 5 heteroatoms. The van der Waals surface area contributed by atoms with Crippen molar-refractivity contribution in [2.45, 2.75) is 39.5 Å². The summed E-state index contributed by atoms with van der Waals surface area (Å²) in [6.07, 6.45) is 5.89. The second-order valence-corrected chi connectivity index (χ2v) is 7.33. The van der Waals surface area contributed by atoms with Crippen LogP contribution in [0, 0.1) is 5.41 Å². The van der Waals surface area contributed by atoms with Crippen LogP contribution >= 0.6 is 0 Å². The van der Waals surface area contributed by atoms with Gasteiger partial charge in [-0.25, -0.2) is 4.79 Å². The number of aliphatic hydroxyl groups is 1. The number of ketones is 1. The van der Waals surface area contributed by atoms with Gasteiger partial charge in [0.25, 0.3) is 0 Å². The summed E-state index contributed by atoms with van der Waals surface area (Å²) in [5, 5.41) is 17.7. The van der Waals surface area contributed by atoms with E-state index < -0.39 is 5.97 Å². The van der Waals surface area contributed by atoms with E-state index in [9.17, 15) is 9.59 Å². The van der Waals surface area contributed by atoms with E-state index in [2.05, 4.69) is 0 Å². The van der Waals surface area contributed by atoms with Crippen LogP contribution in [0.25, 0.3) is 0 Å². The normalized spacial score (nSPS) is 19.5. The van der Waals surface area contributed by atoms with Gasteiger partial charge in [-0.2, -0.15) is 0 Å². The van der Waals surface area contributed by atoms with E-state index in [1.807, 2.05) is 32.1 Å². The zero-order valence-electron chi connectivity index (χ0n) is 15.5. The number of fused-ring (bicyclic) bond motifs is 1. The molecule has 1 aromatic rings. The average molecular weight is 358 g/mol. The van der Waals surface area contributed by atoms with Crippen LogP contribution in [0.4, 0.5) is 0 Å². The molecule has 0 radical (unpaired) electrons. The molecule has 1 unspecified atom stereocenters. The number of ether oxygens (including phenoxy) is 1. The summed E-state index contributed by atoms with van der Waals surface area (Å²) < 4.78 is 5.59. The second-order valence-electron chi connectivity index (χ2n) is 7.33. The van der Waals surface area contributed by atoms with E-state index in [1.54, 1.807) is 19.1 Å². The Bertz CT molecular complexity index is 743. The van der Waals surface area contributed by atoms with Crippen molar-refractivity contribution >= 4 is 11.8 Å². The number of allylic oxidation sites excluding steroid dienone is 3. The van der Waals surface area contributed by atoms with E-state index >= 15 is 0 Å². The molecule has 1 aliphatic rings. The van der Waals surface area contributed by atoms with Crippen molar-refractivity contribution in [3.8, 4) is 5.75 Å². The van der Waals surface area contributed by atoms with E-state index in [-0.39, 0.29) is 23.7 Å². The van der Waals surface area contributed by atoms with Crippen LogP contribution in [0.1, 0.15) is 55.5 Å². The maximum absolute atomic E-state index is 12.6. The summed E-state index contributed by atoms with van der Waals surface area (Å²) in [5.41, 5.74) is 1.97. The molecule has 0 bridgehead atoms. The Morgan fingerprint density at radius 2 is 2.12 bits per heavy atom. The smallest absolute Gasteiger partial charge is 0.328 e. The lowest BCUT2D eigenvalue weighted by molar-refractivity contribution is -0.131. The van der Waals surface area contributed by atoms with Gasteiger partial charge in [0.15, 0.2) is 5.78 Å². The molecule has 1 atom stereocenters. The zero-order chi connectivity index (χ0) is 19.3. The molecule has 26 heavy (non-hydrogen) atoms. The van der Waals surface area contributed by atoms with Gasteiger partial charge >= 0.3 is 5.97 Å². The minimum Gasteiger partial charge on any atom is -0.493 e. The Morgan fingerprint density at radius 1 is 1.38 bits per heavy atom. The first-order valence-electron chi connectivity index (χ1n) is 8.75. The highest BCUT2D eigenvalue weighted by atomic mass is 16.5. The first-order chi connectivity index (χ1) is 12.2. The number of Topliss-reactive ketones (excluding diaryl/α,β-unsaturated/α-hetero) is 1. The molecule has 0 heterocycles. The van der Waals surface area contributed by atoms with E-state index in [4.69, 9.17) is 14.9 Å². The molecular formula is C21H26O5. The van der Waals surface area contributed by atoms with Crippen LogP contribution in [0.5, 0.6) is 5.75 Å². The third-order valence-electron chi connectivity index (χ3n) is 4.59. The second kappa shape index (κ2) is 8.32. The molecule has 0 aromatic heterocycles. The Kier molecular flexibility index (Phi) is 6.37. The van der Waals surface area contributed by atoms with Gasteiger partial charge in [-0.3, -0.25) is 4.79 Å². The standard InChI is InChI=1S/C21H26O5/c1-14(11-20(24)25)5-8-18-16-7-6-15(26-10-4-9-22)12-17(16)19(23)13-21(18,2)3/h5-8,11-12,18,22H,4,9-10,13H2,1-3H3,(H,24,25)/b8-5+,14-11-. The minimum atomic E-state index is -0.977. The van der Waals surface area contributed by atoms with Gasteiger partial charge in [0.2, 0.25) is 0 Å². The fourth-order valence-electron chi connectivity index (χ4n) is 3.29. The number of carboxylic acids is 1. The largest absolute Gasteiger partial charge is 0.493 e. The molecule has 2 rings (SSSR count). The summed E-state index contributed by atoms with van der Waals surface area (Å²) in [6, 6.07) is 5.52. The first-order valence-corrected chi connectivity index (χ1v) is 8.75. The van der Waals surface area contributed by atoms with E-state index in [0.717, 1.165) is 11.6 Å². The van der Waals surface area contributed by atoms with Crippen LogP contribution in [0.2, 0.25) is 0 Å². The number of carbonyl (C=O) groups is 2. The lowest BCUT2D eigenvalue weighted by atomic mass is 9.65. The highest BCUT2D eigenvalue weighted by molar-refractivity contribution is 6.00. The monoisotopic (exact) mass is 358 g/mol. The number of hydrogen-bond acceptors (Lipinski definition) is 4. The molecule has 0 fully saturated rings. The van der Waals surface area contributed by atoms with Gasteiger partial charge in [-0.1, -0.05) is 32.1 Å². The van der Waals surface area contributed by atoms with Crippen molar-refractivity contribution in [2.24, 2.45) is 5.41 Å². The summed E-state index contributed by atoms with van der Waals surface area (Å²) in [6.45, 7) is 6.30. The lowest BCUT2D eigenvalue weighted by Gasteiger charge is -2.37. The van der Waals surface area contributed by atoms with Gasteiger partial charge in [0, 0.05) is 37.0 Å². The molecule has 2 N–H and O–H groups in total. The quantitative estimate of drug-likeness (QED) is 0.441. The number of aliphatic carboxylic acids is 1. The minimum absolute atomic E-state index is 0.00108. The highest BCUT2D eigenvalue weighted by Gasteiger charge is 2.38. The summed E-state index contributed by atoms with van der Waals surface area (Å²) >= 11 is 0. The number of rotatable bonds is 7. The molecule has 140 valence electrons. The Morgan fingerprint density at radius 3 is 2.77 bits per heavy atom. The Labute approximate surface area is 154 Å². The van der Waals surface area contributed by atoms with Gasteiger partial charge in [0.1, 0.15) is 5.75 Å². The number of carbonyl (C=O) groups excluding carboxylic acids is 1. The topological polar surface area (TPSA) is 83.8 Å². The lowest BCUT2D eigenvalue weighted by Crippen LogP contribution is -2.31. The zero-order valence-corrected chi connectivity index (χ0v) is 15.5. The number of carboxylic acid groups (broad SMARTS) is 1. The summed E-state index contributed by atoms with van der Waals surface area (Å²) in [4.78, 5) is 23.4. The molecule has 0 aliphatic heterocycles. The molecule has 1 aliphatic carbocycles. The van der Waals surface area contributed by atoms with Crippen molar-refractivity contribution in [1.82, 2.24) is 0 Å². The van der Waals surface area contributed by atoms with Crippen LogP contribution in [0.3, 0.4) is 0 Å². The van der Waals surface area contributed by atoms with Crippen molar-refractivity contribution in [2.75, 3.05) is 13.2 Å². The summed E-state index contributed by atoms with van der Waals surface area (Å²) in [7, 11) is 0. The molecule has 1 aromatic carbocycles. The maximum atomic E-state index is 12.6. The van der Waals surface area contributed by atoms with Crippen LogP contribution in [-0.2, 0) is 4.79 Å². The molecule has 5 nitrogen and oxygen atoms in total. The van der Waals surface area contributed by atoms with E-state index in [1.165, 1.54) is 0 Å². The first kappa shape index (κ1) is 19.9. The maximum Gasteiger partial charge on any atom is 0.328 e. The predicted octanol–water partition coefficient (Wildman–Crippen LogP) is 3.73. The van der Waals surface area contributed by atoms with Crippen LogP contribution in [-0.4, -0.2) is 35.2 Å². The molecule has 0 saturated carbocycles. The molecule has 0 saturated heterocycles. The van der Waals surface area contributed by atoms with Crippen LogP contribution in [0.15, 0.2) is 42.0 Å². The van der Waals surface area contributed by atoms with Crippen molar-refractivity contribution < 1.29 is 24.5 Å².